The molecule has 0 aromatic heterocycles. The lowest BCUT2D eigenvalue weighted by atomic mass is 9.94. The van der Waals surface area contributed by atoms with E-state index in [9.17, 15) is 81.7 Å². The summed E-state index contributed by atoms with van der Waals surface area (Å²) in [4.78, 5) is 0. The molecule has 0 aromatic rings. The first-order chi connectivity index (χ1) is 32.4. The zero-order chi connectivity index (χ0) is 49.5. The Morgan fingerprint density at radius 1 is 0.250 bits per heavy atom. The van der Waals surface area contributed by atoms with Crippen LogP contribution >= 0.6 is 0 Å². The van der Waals surface area contributed by atoms with Crippen molar-refractivity contribution >= 4 is 0 Å². The molecule has 0 aliphatic carbocycles. The summed E-state index contributed by atoms with van der Waals surface area (Å²) >= 11 is 0. The van der Waals surface area contributed by atoms with Gasteiger partial charge in [0.15, 0.2) is 37.7 Å². The fourth-order valence-electron chi connectivity index (χ4n) is 9.23. The summed E-state index contributed by atoms with van der Waals surface area (Å²) in [5.74, 6) is 0. The van der Waals surface area contributed by atoms with E-state index < -0.39 is 224 Å². The van der Waals surface area contributed by atoms with Crippen LogP contribution in [-0.4, -0.2) is 320 Å². The van der Waals surface area contributed by atoms with Crippen molar-refractivity contribution in [3.8, 4) is 0 Å². The summed E-state index contributed by atoms with van der Waals surface area (Å²) in [7, 11) is 2.44. The molecule has 30 atom stereocenters. The third kappa shape index (κ3) is 10.7. The highest BCUT2D eigenvalue weighted by Crippen LogP contribution is 2.38. The van der Waals surface area contributed by atoms with Gasteiger partial charge in [0.05, 0.1) is 39.6 Å². The van der Waals surface area contributed by atoms with Gasteiger partial charge in [-0.2, -0.15) is 0 Å². The molecule has 12 bridgehead atoms. The molecule has 396 valence electrons. The molecule has 22 aliphatic rings. The van der Waals surface area contributed by atoms with Crippen molar-refractivity contribution in [1.29, 1.82) is 0 Å². The van der Waals surface area contributed by atoms with Crippen LogP contribution < -0.4 is 0 Å². The zero-order valence-electron chi connectivity index (χ0n) is 36.4. The molecule has 22 saturated heterocycles. The Balaban J connectivity index is 1.20. The van der Waals surface area contributed by atoms with Crippen molar-refractivity contribution in [2.45, 2.75) is 184 Å². The third-order valence-corrected chi connectivity index (χ3v) is 13.0. The first-order valence-electron chi connectivity index (χ1n) is 21.9. The maximum absolute atomic E-state index is 11.4. The van der Waals surface area contributed by atoms with Crippen LogP contribution in [0.25, 0.3) is 0 Å². The minimum Gasteiger partial charge on any atom is -0.394 e. The van der Waals surface area contributed by atoms with Gasteiger partial charge in [-0.25, -0.2) is 0 Å². The van der Waals surface area contributed by atoms with Crippen LogP contribution in [0.4, 0.5) is 0 Å². The van der Waals surface area contributed by atoms with Crippen LogP contribution in [0, 0.1) is 0 Å². The van der Waals surface area contributed by atoms with E-state index in [2.05, 4.69) is 0 Å². The van der Waals surface area contributed by atoms with Gasteiger partial charge in [0.25, 0.3) is 0 Å². The van der Waals surface area contributed by atoms with E-state index >= 15 is 0 Å². The van der Waals surface area contributed by atoms with E-state index in [1.807, 2.05) is 0 Å². The highest BCUT2D eigenvalue weighted by Gasteiger charge is 2.58. The van der Waals surface area contributed by atoms with Crippen LogP contribution in [0.5, 0.6) is 0 Å². The Morgan fingerprint density at radius 3 is 0.574 bits per heavy atom. The van der Waals surface area contributed by atoms with Crippen molar-refractivity contribution in [2.75, 3.05) is 53.9 Å². The summed E-state index contributed by atoms with van der Waals surface area (Å²) in [6.45, 7) is -4.70. The van der Waals surface area contributed by atoms with Crippen LogP contribution in [0.3, 0.4) is 0 Å². The smallest absolute Gasteiger partial charge is 0.187 e. The number of rotatable bonds is 8. The number of methoxy groups -OCH3 is 2. The van der Waals surface area contributed by atoms with Crippen LogP contribution in [0.1, 0.15) is 0 Å². The average molecular weight is 1000 g/mol. The van der Waals surface area contributed by atoms with Crippen molar-refractivity contribution in [3.63, 3.8) is 0 Å². The summed E-state index contributed by atoms with van der Waals surface area (Å²) in [5, 5.41) is 177. The van der Waals surface area contributed by atoms with Gasteiger partial charge in [0.1, 0.15) is 146 Å². The fourth-order valence-corrected chi connectivity index (χ4v) is 9.23. The van der Waals surface area contributed by atoms with E-state index in [0.717, 1.165) is 0 Å². The Labute approximate surface area is 385 Å². The standard InChI is InChI=1S/C38H64O30/c1-55-7-13-31-19(47)25(53)37(61-13)65-29-11(5-41)57-33(21(49)15(29)43)64-28-10(4-40)60-36(24(52)18(28)46)68-32-14(8-56-2)62-38(26(54)20(32)48)66-30-12(6-42)58-34(22(50)16(30)44)63-27-9(3-39)59-35(67-31)23(51)17(27)45/h9-54H,3-8H2,1-2H3/t9-,10-,11-,12-,13-,14-,15-,16-,17-,18-,19-,20-,21-,22-,23-,24-,25-,26-,27-,28-,29-,30-,31-,32-,33-,34-,35-,36-,37-,38-/m1/s1. The maximum atomic E-state index is 11.4. The van der Waals surface area contributed by atoms with E-state index in [1.165, 1.54) is 14.2 Å². The molecule has 0 aromatic carbocycles. The zero-order valence-corrected chi connectivity index (χ0v) is 36.4. The highest BCUT2D eigenvalue weighted by molar-refractivity contribution is 5.01. The summed E-state index contributed by atoms with van der Waals surface area (Å²) in [6, 6.07) is 0. The van der Waals surface area contributed by atoms with E-state index in [4.69, 9.17) is 66.3 Å². The maximum Gasteiger partial charge on any atom is 0.187 e. The average Bonchev–Trinajstić information content (AvgIpc) is 3.32. The number of hydrogen-bond donors (Lipinski definition) is 16. The molecule has 0 saturated carbocycles. The van der Waals surface area contributed by atoms with Gasteiger partial charge < -0.3 is 148 Å². The Bertz CT molecular complexity index is 1440. The van der Waals surface area contributed by atoms with Gasteiger partial charge in [-0.3, -0.25) is 0 Å². The quantitative estimate of drug-likeness (QED) is 0.107. The lowest BCUT2D eigenvalue weighted by Gasteiger charge is -2.50. The molecule has 22 rings (SSSR count). The Hall–Kier alpha value is -1.20. The molecular weight excluding hydrogens is 936 g/mol. The summed E-state index contributed by atoms with van der Waals surface area (Å²) in [6.07, 6.45) is -56.4. The molecule has 30 nitrogen and oxygen atoms in total. The molecule has 68 heavy (non-hydrogen) atoms. The second-order valence-corrected chi connectivity index (χ2v) is 17.4. The number of hydrogen-bond acceptors (Lipinski definition) is 30. The molecule has 22 aliphatic heterocycles. The second-order valence-electron chi connectivity index (χ2n) is 17.4. The first kappa shape index (κ1) is 54.6. The van der Waals surface area contributed by atoms with Gasteiger partial charge in [0.2, 0.25) is 0 Å². The molecule has 0 spiro atoms. The van der Waals surface area contributed by atoms with E-state index in [1.54, 1.807) is 0 Å². The molecular formula is C38H64O30. The van der Waals surface area contributed by atoms with Crippen molar-refractivity contribution < 1.29 is 148 Å². The molecule has 16 N–H and O–H groups in total. The monoisotopic (exact) mass is 1000 g/mol. The minimum absolute atomic E-state index is 0.424. The molecule has 0 amide bonds. The topological polar surface area (TPSA) is 453 Å². The summed E-state index contributed by atoms with van der Waals surface area (Å²) < 4.78 is 79.7. The number of ether oxygens (including phenoxy) is 14. The van der Waals surface area contributed by atoms with Crippen LogP contribution in [0.2, 0.25) is 0 Å². The van der Waals surface area contributed by atoms with Crippen molar-refractivity contribution in [2.24, 2.45) is 0 Å². The van der Waals surface area contributed by atoms with Crippen LogP contribution in [-0.2, 0) is 66.3 Å². The Morgan fingerprint density at radius 2 is 0.412 bits per heavy atom. The third-order valence-electron chi connectivity index (χ3n) is 13.0. The second kappa shape index (κ2) is 23.3. The molecule has 0 radical (unpaired) electrons. The van der Waals surface area contributed by atoms with Crippen molar-refractivity contribution in [1.82, 2.24) is 0 Å². The molecule has 22 heterocycles. The van der Waals surface area contributed by atoms with Gasteiger partial charge >= 0.3 is 0 Å². The van der Waals surface area contributed by atoms with Gasteiger partial charge in [-0.15, -0.1) is 0 Å². The van der Waals surface area contributed by atoms with E-state index in [0.29, 0.717) is 0 Å². The SMILES string of the molecule is COC[C@H]1O[C@@H]2O[C@H]3[C@H](O)[C@@H](O)[C@@H](O[C@H]4[C@H](O)[C@@H](O)[C@@H](O[C@H]5[C@H](O)[C@@H](O)[C@@H](O[C@H]6[C@H](O)[C@@H](O)[C@@H](O[C@H]7[C@H](O)[C@@H](O)[C@@H](O[C@H]1[C@H](O)[C@H]2O)O[C@@H]7CO)O[C@@H]6CO)O[C@@H]5COC)O[C@@H]4CO)O[C@@H]3CO. The van der Waals surface area contributed by atoms with Crippen LogP contribution in [0.15, 0.2) is 0 Å². The summed E-state index contributed by atoms with van der Waals surface area (Å²) in [5.41, 5.74) is 0. The highest BCUT2D eigenvalue weighted by atomic mass is 16.8. The van der Waals surface area contributed by atoms with Crippen molar-refractivity contribution in [3.05, 3.63) is 0 Å². The lowest BCUT2D eigenvalue weighted by molar-refractivity contribution is -0.404. The van der Waals surface area contributed by atoms with Gasteiger partial charge in [0, 0.05) is 14.2 Å². The predicted molar refractivity (Wildman–Crippen MR) is 205 cm³/mol. The van der Waals surface area contributed by atoms with Gasteiger partial charge in [-0.05, 0) is 0 Å². The lowest BCUT2D eigenvalue weighted by Crippen LogP contribution is -2.69. The number of aliphatic hydroxyl groups is 16. The largest absolute Gasteiger partial charge is 0.394 e. The molecule has 30 heteroatoms. The van der Waals surface area contributed by atoms with Gasteiger partial charge in [-0.1, -0.05) is 0 Å². The molecule has 0 unspecified atom stereocenters. The minimum atomic E-state index is -2.11. The van der Waals surface area contributed by atoms with E-state index in [-0.39, 0.29) is 0 Å². The molecule has 22 fully saturated rings. The normalized spacial score (nSPS) is 54.1. The predicted octanol–water partition coefficient (Wildman–Crippen LogP) is -11.7. The first-order valence-corrected chi connectivity index (χ1v) is 21.9. The number of aliphatic hydroxyl groups excluding tert-OH is 16. The fraction of sp³-hybridized carbons (Fsp3) is 1.00. The Kier molecular flexibility index (Phi) is 18.7.